The molecular formula is C18H14INO3. The highest BCUT2D eigenvalue weighted by molar-refractivity contribution is 14.1. The van der Waals surface area contributed by atoms with Gasteiger partial charge in [0.25, 0.3) is 5.91 Å². The molecule has 0 fully saturated rings. The summed E-state index contributed by atoms with van der Waals surface area (Å²) in [4.78, 5) is 12.3. The fourth-order valence-corrected chi connectivity index (χ4v) is 2.74. The Kier molecular flexibility index (Phi) is 4.78. The molecule has 5 heteroatoms. The van der Waals surface area contributed by atoms with E-state index in [2.05, 4.69) is 27.9 Å². The molecule has 1 aromatic heterocycles. The molecule has 0 saturated carbocycles. The maximum Gasteiger partial charge on any atom is 0.255 e. The maximum atomic E-state index is 12.3. The number of nitrogens with one attached hydrogen (secondary N) is 1. The number of halogens is 1. The Bertz CT molecular complexity index is 842. The van der Waals surface area contributed by atoms with Crippen LogP contribution in [0.15, 0.2) is 65.1 Å². The number of benzene rings is 2. The highest BCUT2D eigenvalue weighted by Crippen LogP contribution is 2.25. The van der Waals surface area contributed by atoms with Crippen molar-refractivity contribution in [1.82, 2.24) is 0 Å². The van der Waals surface area contributed by atoms with Gasteiger partial charge in [-0.3, -0.25) is 4.79 Å². The molecule has 0 saturated heterocycles. The first-order valence-corrected chi connectivity index (χ1v) is 8.10. The lowest BCUT2D eigenvalue weighted by molar-refractivity contribution is 0.102. The van der Waals surface area contributed by atoms with Crippen LogP contribution in [0.1, 0.15) is 16.1 Å². The Morgan fingerprint density at radius 3 is 2.65 bits per heavy atom. The highest BCUT2D eigenvalue weighted by atomic mass is 127. The van der Waals surface area contributed by atoms with Gasteiger partial charge in [0.05, 0.1) is 0 Å². The summed E-state index contributed by atoms with van der Waals surface area (Å²) in [6.07, 6.45) is 0. The molecule has 0 aliphatic carbocycles. The zero-order valence-electron chi connectivity index (χ0n) is 12.1. The Balaban J connectivity index is 1.81. The molecule has 0 radical (unpaired) electrons. The van der Waals surface area contributed by atoms with E-state index in [4.69, 9.17) is 9.52 Å². The molecule has 116 valence electrons. The van der Waals surface area contributed by atoms with E-state index < -0.39 is 0 Å². The minimum Gasteiger partial charge on any atom is -0.459 e. The Morgan fingerprint density at radius 1 is 1.09 bits per heavy atom. The van der Waals surface area contributed by atoms with Crippen LogP contribution in [0.4, 0.5) is 5.69 Å². The molecule has 0 bridgehead atoms. The largest absolute Gasteiger partial charge is 0.459 e. The number of carbonyl (C=O) groups is 1. The number of aliphatic hydroxyl groups excluding tert-OH is 1. The van der Waals surface area contributed by atoms with E-state index in [1.54, 1.807) is 18.2 Å². The summed E-state index contributed by atoms with van der Waals surface area (Å²) < 4.78 is 6.53. The monoisotopic (exact) mass is 419 g/mol. The van der Waals surface area contributed by atoms with Gasteiger partial charge in [-0.15, -0.1) is 0 Å². The Morgan fingerprint density at radius 2 is 1.91 bits per heavy atom. The summed E-state index contributed by atoms with van der Waals surface area (Å²) in [5.41, 5.74) is 2.14. The molecule has 1 amide bonds. The molecule has 4 nitrogen and oxygen atoms in total. The van der Waals surface area contributed by atoms with E-state index >= 15 is 0 Å². The predicted octanol–water partition coefficient (Wildman–Crippen LogP) is 4.30. The van der Waals surface area contributed by atoms with E-state index in [1.807, 2.05) is 42.5 Å². The average Bonchev–Trinajstić information content (AvgIpc) is 3.04. The highest BCUT2D eigenvalue weighted by Gasteiger charge is 2.09. The summed E-state index contributed by atoms with van der Waals surface area (Å²) in [7, 11) is 0. The van der Waals surface area contributed by atoms with Crippen molar-refractivity contribution < 1.29 is 14.3 Å². The number of carbonyl (C=O) groups excluding carboxylic acids is 1. The molecule has 1 heterocycles. The zero-order chi connectivity index (χ0) is 16.2. The van der Waals surface area contributed by atoms with Crippen molar-refractivity contribution in [2.45, 2.75) is 6.61 Å². The van der Waals surface area contributed by atoms with Crippen LogP contribution in [0.25, 0.3) is 11.3 Å². The van der Waals surface area contributed by atoms with Crippen LogP contribution in [-0.2, 0) is 6.61 Å². The molecule has 0 spiro atoms. The van der Waals surface area contributed by atoms with E-state index in [0.717, 1.165) is 9.13 Å². The quantitative estimate of drug-likeness (QED) is 0.621. The van der Waals surface area contributed by atoms with Crippen molar-refractivity contribution in [1.29, 1.82) is 0 Å². The Labute approximate surface area is 147 Å². The van der Waals surface area contributed by atoms with Crippen LogP contribution in [0, 0.1) is 3.57 Å². The van der Waals surface area contributed by atoms with Crippen molar-refractivity contribution in [3.63, 3.8) is 0 Å². The van der Waals surface area contributed by atoms with E-state index in [1.165, 1.54) is 0 Å². The molecule has 0 unspecified atom stereocenters. The number of furan rings is 1. The second-order valence-electron chi connectivity index (χ2n) is 4.97. The van der Waals surface area contributed by atoms with Crippen LogP contribution in [0.2, 0.25) is 0 Å². The van der Waals surface area contributed by atoms with Gasteiger partial charge in [0.15, 0.2) is 0 Å². The Hall–Kier alpha value is -2.12. The molecule has 23 heavy (non-hydrogen) atoms. The number of amides is 1. The fraction of sp³-hybridized carbons (Fsp3) is 0.0556. The lowest BCUT2D eigenvalue weighted by Gasteiger charge is -2.07. The van der Waals surface area contributed by atoms with Gasteiger partial charge in [0.1, 0.15) is 18.1 Å². The molecule has 2 N–H and O–H groups in total. The molecule has 0 atom stereocenters. The fourth-order valence-electron chi connectivity index (χ4n) is 2.20. The first kappa shape index (κ1) is 15.8. The van der Waals surface area contributed by atoms with Gasteiger partial charge in [-0.2, -0.15) is 0 Å². The van der Waals surface area contributed by atoms with Crippen molar-refractivity contribution in [3.05, 3.63) is 75.6 Å². The number of rotatable bonds is 4. The lowest BCUT2D eigenvalue weighted by Crippen LogP contribution is -2.11. The van der Waals surface area contributed by atoms with Crippen LogP contribution in [0.3, 0.4) is 0 Å². The predicted molar refractivity (Wildman–Crippen MR) is 97.2 cm³/mol. The van der Waals surface area contributed by atoms with Gasteiger partial charge >= 0.3 is 0 Å². The SMILES string of the molecule is O=C(Nc1cccc(-c2ccc(CO)o2)c1)c1cccc(I)c1. The third-order valence-corrected chi connectivity index (χ3v) is 3.98. The lowest BCUT2D eigenvalue weighted by atomic mass is 10.1. The first-order chi connectivity index (χ1) is 11.2. The second kappa shape index (κ2) is 6.97. The van der Waals surface area contributed by atoms with Crippen molar-refractivity contribution in [2.75, 3.05) is 5.32 Å². The van der Waals surface area contributed by atoms with Crippen LogP contribution >= 0.6 is 22.6 Å². The van der Waals surface area contributed by atoms with Gasteiger partial charge < -0.3 is 14.8 Å². The molecule has 0 aliphatic heterocycles. The second-order valence-corrected chi connectivity index (χ2v) is 6.21. The van der Waals surface area contributed by atoms with E-state index in [-0.39, 0.29) is 12.5 Å². The van der Waals surface area contributed by atoms with Gasteiger partial charge in [-0.05, 0) is 65.1 Å². The zero-order valence-corrected chi connectivity index (χ0v) is 14.3. The molecule has 3 aromatic rings. The third-order valence-electron chi connectivity index (χ3n) is 3.31. The van der Waals surface area contributed by atoms with Crippen LogP contribution in [-0.4, -0.2) is 11.0 Å². The molecular weight excluding hydrogens is 405 g/mol. The summed E-state index contributed by atoms with van der Waals surface area (Å²) in [5.74, 6) is 1.00. The molecule has 2 aromatic carbocycles. The smallest absolute Gasteiger partial charge is 0.255 e. The standard InChI is InChI=1S/C18H14INO3/c19-14-5-1-4-13(9-14)18(22)20-15-6-2-3-12(10-15)17-8-7-16(11-21)23-17/h1-10,21H,11H2,(H,20,22). The van der Waals surface area contributed by atoms with Crippen LogP contribution in [0.5, 0.6) is 0 Å². The minimum atomic E-state index is -0.156. The number of hydrogen-bond acceptors (Lipinski definition) is 3. The maximum absolute atomic E-state index is 12.3. The summed E-state index contributed by atoms with van der Waals surface area (Å²) in [6.45, 7) is -0.136. The van der Waals surface area contributed by atoms with Crippen LogP contribution < -0.4 is 5.32 Å². The van der Waals surface area contributed by atoms with E-state index in [9.17, 15) is 4.79 Å². The first-order valence-electron chi connectivity index (χ1n) is 7.02. The summed E-state index contributed by atoms with van der Waals surface area (Å²) in [6, 6.07) is 18.3. The van der Waals surface area contributed by atoms with Crippen molar-refractivity contribution in [3.8, 4) is 11.3 Å². The minimum absolute atomic E-state index is 0.136. The van der Waals surface area contributed by atoms with Gasteiger partial charge in [-0.25, -0.2) is 0 Å². The van der Waals surface area contributed by atoms with Gasteiger partial charge in [0.2, 0.25) is 0 Å². The molecule has 0 aliphatic rings. The summed E-state index contributed by atoms with van der Waals surface area (Å²) in [5, 5.41) is 12.0. The normalized spacial score (nSPS) is 10.5. The van der Waals surface area contributed by atoms with E-state index in [0.29, 0.717) is 22.8 Å². The summed E-state index contributed by atoms with van der Waals surface area (Å²) >= 11 is 2.18. The van der Waals surface area contributed by atoms with Gasteiger partial charge in [-0.1, -0.05) is 18.2 Å². The third kappa shape index (κ3) is 3.80. The number of aliphatic hydroxyl groups is 1. The average molecular weight is 419 g/mol. The van der Waals surface area contributed by atoms with Crippen molar-refractivity contribution in [2.24, 2.45) is 0 Å². The number of anilines is 1. The number of hydrogen-bond donors (Lipinski definition) is 2. The topological polar surface area (TPSA) is 62.5 Å². The van der Waals surface area contributed by atoms with Crippen molar-refractivity contribution >= 4 is 34.2 Å². The van der Waals surface area contributed by atoms with Gasteiger partial charge in [0, 0.05) is 20.4 Å². The molecule has 3 rings (SSSR count).